The van der Waals surface area contributed by atoms with Gasteiger partial charge in [-0.05, 0) is 28.8 Å². The van der Waals surface area contributed by atoms with Gasteiger partial charge in [-0.1, -0.05) is 65.8 Å². The quantitative estimate of drug-likeness (QED) is 0.289. The largest absolute Gasteiger partial charge is 0.271 e. The van der Waals surface area contributed by atoms with Crippen molar-refractivity contribution >= 4 is 18.1 Å². The van der Waals surface area contributed by atoms with E-state index in [-0.39, 0.29) is 11.4 Å². The van der Waals surface area contributed by atoms with Crippen molar-refractivity contribution in [2.45, 2.75) is 63.1 Å². The molecule has 1 rings (SSSR count). The molecule has 25 heavy (non-hydrogen) atoms. The maximum Gasteiger partial charge on any atom is 0.271 e. The van der Waals surface area contributed by atoms with Crippen LogP contribution in [0, 0.1) is 11.6 Å². The number of hydrogen-bond donors (Lipinski definition) is 0. The van der Waals surface area contributed by atoms with E-state index >= 15 is 0 Å². The Labute approximate surface area is 155 Å². The van der Waals surface area contributed by atoms with Crippen LogP contribution in [-0.4, -0.2) is 27.3 Å². The molecular formula is C20H31NO2SSi. The molecule has 1 aromatic carbocycles. The summed E-state index contributed by atoms with van der Waals surface area (Å²) in [4.78, 5) is 0.261. The zero-order valence-corrected chi connectivity index (χ0v) is 18.1. The summed E-state index contributed by atoms with van der Waals surface area (Å²) < 4.78 is 27.1. The molecule has 5 heteroatoms. The zero-order chi connectivity index (χ0) is 19.3. The van der Waals surface area contributed by atoms with E-state index in [1.165, 1.54) is 4.31 Å². The Kier molecular flexibility index (Phi) is 7.52. The first-order valence-corrected chi connectivity index (χ1v) is 12.5. The molecule has 0 aliphatic heterocycles. The highest BCUT2D eigenvalue weighted by molar-refractivity contribution is 7.89. The van der Waals surface area contributed by atoms with Gasteiger partial charge in [0.15, 0.2) is 0 Å². The van der Waals surface area contributed by atoms with Crippen molar-refractivity contribution in [1.29, 1.82) is 0 Å². The Morgan fingerprint density at radius 3 is 1.92 bits per heavy atom. The SMILES string of the molecule is C=CCN(C#C[Si](C(C)C)(C(C)C)C(C)C)S(=O)(=O)c1ccccc1. The fourth-order valence-electron chi connectivity index (χ4n) is 3.63. The molecule has 138 valence electrons. The molecule has 0 N–H and O–H groups in total. The summed E-state index contributed by atoms with van der Waals surface area (Å²) in [7, 11) is -5.65. The molecule has 0 saturated carbocycles. The highest BCUT2D eigenvalue weighted by atomic mass is 32.2. The maximum atomic E-state index is 12.9. The topological polar surface area (TPSA) is 37.4 Å². The molecule has 0 aliphatic carbocycles. The molecule has 0 saturated heterocycles. The third kappa shape index (κ3) is 4.56. The van der Waals surface area contributed by atoms with Gasteiger partial charge in [0.05, 0.1) is 11.4 Å². The van der Waals surface area contributed by atoms with E-state index in [1.807, 2.05) is 0 Å². The average molecular weight is 378 g/mol. The summed E-state index contributed by atoms with van der Waals surface area (Å²) in [6, 6.07) is 11.5. The van der Waals surface area contributed by atoms with Crippen molar-refractivity contribution in [3.8, 4) is 11.6 Å². The molecule has 0 unspecified atom stereocenters. The third-order valence-corrected chi connectivity index (χ3v) is 12.9. The van der Waals surface area contributed by atoms with Crippen LogP contribution in [0.1, 0.15) is 41.5 Å². The van der Waals surface area contributed by atoms with Crippen LogP contribution in [0.25, 0.3) is 0 Å². The van der Waals surface area contributed by atoms with Crippen molar-refractivity contribution < 1.29 is 8.42 Å². The summed E-state index contributed by atoms with van der Waals surface area (Å²) >= 11 is 0. The molecule has 0 heterocycles. The van der Waals surface area contributed by atoms with Crippen molar-refractivity contribution in [3.63, 3.8) is 0 Å². The molecule has 0 amide bonds. The molecule has 0 aromatic heterocycles. The predicted molar refractivity (Wildman–Crippen MR) is 109 cm³/mol. The Hall–Kier alpha value is -1.51. The highest BCUT2D eigenvalue weighted by Crippen LogP contribution is 2.40. The molecule has 0 radical (unpaired) electrons. The van der Waals surface area contributed by atoms with Gasteiger partial charge < -0.3 is 0 Å². The van der Waals surface area contributed by atoms with E-state index in [0.717, 1.165) is 0 Å². The smallest absolute Gasteiger partial charge is 0.221 e. The minimum atomic E-state index is -3.65. The van der Waals surface area contributed by atoms with Gasteiger partial charge in [-0.2, -0.15) is 0 Å². The second-order valence-corrected chi connectivity index (χ2v) is 14.7. The van der Waals surface area contributed by atoms with E-state index in [2.05, 4.69) is 59.7 Å². The predicted octanol–water partition coefficient (Wildman–Crippen LogP) is 5.04. The molecule has 0 atom stereocenters. The van der Waals surface area contributed by atoms with Gasteiger partial charge in [-0.3, -0.25) is 0 Å². The van der Waals surface area contributed by atoms with Crippen molar-refractivity contribution in [2.24, 2.45) is 0 Å². The lowest BCUT2D eigenvalue weighted by atomic mass is 10.4. The summed E-state index contributed by atoms with van der Waals surface area (Å²) in [5.74, 6) is 0. The second-order valence-electron chi connectivity index (χ2n) is 7.27. The highest BCUT2D eigenvalue weighted by Gasteiger charge is 2.42. The van der Waals surface area contributed by atoms with Gasteiger partial charge >= 0.3 is 0 Å². The first-order valence-electron chi connectivity index (χ1n) is 8.82. The van der Waals surface area contributed by atoms with E-state index in [4.69, 9.17) is 0 Å². The van der Waals surface area contributed by atoms with E-state index in [1.54, 1.807) is 36.4 Å². The summed E-state index contributed by atoms with van der Waals surface area (Å²) in [6.07, 6.45) is 1.58. The maximum absolute atomic E-state index is 12.9. The van der Waals surface area contributed by atoms with E-state index in [9.17, 15) is 8.42 Å². The summed E-state index contributed by atoms with van der Waals surface area (Å²) in [5.41, 5.74) is 4.83. The third-order valence-electron chi connectivity index (χ3n) is 4.89. The van der Waals surface area contributed by atoms with Crippen LogP contribution in [0.4, 0.5) is 0 Å². The first kappa shape index (κ1) is 21.5. The minimum absolute atomic E-state index is 0.184. The van der Waals surface area contributed by atoms with Gasteiger partial charge in [-0.25, -0.2) is 12.7 Å². The Balaban J connectivity index is 3.44. The molecule has 1 aromatic rings. The normalized spacial score (nSPS) is 12.2. The Morgan fingerprint density at radius 2 is 1.52 bits per heavy atom. The molecule has 0 aliphatic rings. The zero-order valence-electron chi connectivity index (χ0n) is 16.3. The van der Waals surface area contributed by atoms with Crippen molar-refractivity contribution in [2.75, 3.05) is 6.54 Å². The lowest BCUT2D eigenvalue weighted by Crippen LogP contribution is -2.44. The fourth-order valence-corrected chi connectivity index (χ4v) is 10.1. The van der Waals surface area contributed by atoms with Crippen LogP contribution >= 0.6 is 0 Å². The number of nitrogens with zero attached hydrogens (tertiary/aromatic N) is 1. The van der Waals surface area contributed by atoms with Gasteiger partial charge in [0, 0.05) is 6.04 Å². The summed E-state index contributed by atoms with van der Waals surface area (Å²) in [5, 5.41) is 0. The number of hydrogen-bond acceptors (Lipinski definition) is 2. The van der Waals surface area contributed by atoms with Gasteiger partial charge in [0.2, 0.25) is 0 Å². The van der Waals surface area contributed by atoms with Gasteiger partial charge in [-0.15, -0.1) is 12.1 Å². The second kappa shape index (κ2) is 8.73. The fraction of sp³-hybridized carbons (Fsp3) is 0.500. The minimum Gasteiger partial charge on any atom is -0.221 e. The van der Waals surface area contributed by atoms with Crippen LogP contribution < -0.4 is 0 Å². The Bertz CT molecular complexity index is 706. The van der Waals surface area contributed by atoms with Crippen molar-refractivity contribution in [3.05, 3.63) is 43.0 Å². The monoisotopic (exact) mass is 377 g/mol. The molecular weight excluding hydrogens is 346 g/mol. The van der Waals surface area contributed by atoms with E-state index < -0.39 is 18.1 Å². The molecule has 3 nitrogen and oxygen atoms in total. The van der Waals surface area contributed by atoms with Crippen molar-refractivity contribution in [1.82, 2.24) is 4.31 Å². The lowest BCUT2D eigenvalue weighted by molar-refractivity contribution is 0.533. The van der Waals surface area contributed by atoms with Crippen LogP contribution in [-0.2, 0) is 10.0 Å². The average Bonchev–Trinajstić information content (AvgIpc) is 2.54. The molecule has 0 spiro atoms. The first-order chi connectivity index (χ1) is 11.6. The van der Waals surface area contributed by atoms with Crippen LogP contribution in [0.2, 0.25) is 16.6 Å². The number of benzene rings is 1. The Morgan fingerprint density at radius 1 is 1.04 bits per heavy atom. The van der Waals surface area contributed by atoms with E-state index in [0.29, 0.717) is 16.6 Å². The number of rotatable bonds is 7. The summed E-state index contributed by atoms with van der Waals surface area (Å²) in [6.45, 7) is 17.2. The van der Waals surface area contributed by atoms with Crippen LogP contribution in [0.15, 0.2) is 47.9 Å². The van der Waals surface area contributed by atoms with Crippen LogP contribution in [0.3, 0.4) is 0 Å². The molecule has 0 bridgehead atoms. The van der Waals surface area contributed by atoms with Gasteiger partial charge in [0.25, 0.3) is 10.0 Å². The standard InChI is InChI=1S/C20H31NO2SSi/c1-8-14-21(24(22,23)20-12-10-9-11-13-20)15-16-25(17(2)3,18(4)5)19(6)7/h8-13,17-19H,1,14H2,2-7H3. The lowest BCUT2D eigenvalue weighted by Gasteiger charge is -2.38. The van der Waals surface area contributed by atoms with Crippen LogP contribution in [0.5, 0.6) is 0 Å². The number of sulfonamides is 1. The molecule has 0 fully saturated rings. The van der Waals surface area contributed by atoms with Gasteiger partial charge in [0.1, 0.15) is 8.07 Å².